The number of piperidine rings is 1. The lowest BCUT2D eigenvalue weighted by molar-refractivity contribution is -0.161. The fourth-order valence-corrected chi connectivity index (χ4v) is 6.36. The fraction of sp³-hybridized carbons (Fsp3) is 0.545. The van der Waals surface area contributed by atoms with Gasteiger partial charge in [-0.3, -0.25) is 14.4 Å². The number of anilines is 1. The molecule has 6 N–H and O–H groups in total. The highest BCUT2D eigenvalue weighted by atomic mass is 32.2. The molecule has 3 aliphatic rings. The zero-order valence-corrected chi connectivity index (χ0v) is 19.4. The summed E-state index contributed by atoms with van der Waals surface area (Å²) in [5, 5.41) is 17.8. The Morgan fingerprint density at radius 2 is 2.06 bits per heavy atom. The standard InChI is InChI=1S/C22H29N5O5S/c1-22(2)16(21(31)32)27-19(30)15(20(27)33-22)26-18(29)14(11-6-5-7-12(23)10-11)25-17(28)13-8-3-4-9-24-13/h5-7,10,13-16,20,24H,3-4,8-9,23H2,1-2H3,(H,25,28)(H,26,29)(H,31,32)/t13?,14?,15?,16-,20+/m0/s1. The number of hydrogen-bond acceptors (Lipinski definition) is 7. The van der Waals surface area contributed by atoms with Crippen molar-refractivity contribution in [2.24, 2.45) is 0 Å². The number of carboxylic acid groups (broad SMARTS) is 1. The first-order valence-electron chi connectivity index (χ1n) is 11.0. The number of nitrogens with zero attached hydrogens (tertiary/aromatic N) is 1. The number of nitrogen functional groups attached to an aromatic ring is 1. The van der Waals surface area contributed by atoms with Crippen molar-refractivity contribution in [1.82, 2.24) is 20.9 Å². The van der Waals surface area contributed by atoms with E-state index in [1.165, 1.54) is 16.7 Å². The second-order valence-corrected chi connectivity index (χ2v) is 11.0. The summed E-state index contributed by atoms with van der Waals surface area (Å²) in [6.45, 7) is 4.28. The molecule has 3 aliphatic heterocycles. The molecule has 0 spiro atoms. The number of carbonyl (C=O) groups is 4. The quantitative estimate of drug-likeness (QED) is 0.289. The van der Waals surface area contributed by atoms with Crippen molar-refractivity contribution in [2.75, 3.05) is 12.3 Å². The summed E-state index contributed by atoms with van der Waals surface area (Å²) >= 11 is 1.35. The third kappa shape index (κ3) is 4.39. The van der Waals surface area contributed by atoms with Crippen molar-refractivity contribution in [1.29, 1.82) is 0 Å². The summed E-state index contributed by atoms with van der Waals surface area (Å²) < 4.78 is -0.695. The molecule has 0 aromatic heterocycles. The minimum absolute atomic E-state index is 0.291. The fourth-order valence-electron chi connectivity index (χ4n) is 4.74. The van der Waals surface area contributed by atoms with Crippen LogP contribution in [0.25, 0.3) is 0 Å². The summed E-state index contributed by atoms with van der Waals surface area (Å²) in [6.07, 6.45) is 2.60. The zero-order valence-electron chi connectivity index (χ0n) is 18.5. The summed E-state index contributed by atoms with van der Waals surface area (Å²) in [6, 6.07) is 3.42. The molecule has 33 heavy (non-hydrogen) atoms. The molecule has 3 amide bonds. The highest BCUT2D eigenvalue weighted by molar-refractivity contribution is 8.01. The van der Waals surface area contributed by atoms with Gasteiger partial charge in [-0.15, -0.1) is 11.8 Å². The molecular formula is C22H29N5O5S. The van der Waals surface area contributed by atoms with Gasteiger partial charge in [0.1, 0.15) is 23.5 Å². The van der Waals surface area contributed by atoms with Crippen LogP contribution in [0.15, 0.2) is 24.3 Å². The van der Waals surface area contributed by atoms with Crippen LogP contribution in [0.2, 0.25) is 0 Å². The molecule has 3 saturated heterocycles. The number of hydrogen-bond donors (Lipinski definition) is 5. The predicted molar refractivity (Wildman–Crippen MR) is 123 cm³/mol. The Balaban J connectivity index is 1.52. The number of nitrogens with two attached hydrogens (primary N) is 1. The lowest BCUT2D eigenvalue weighted by atomic mass is 9.95. The molecule has 10 nitrogen and oxygen atoms in total. The molecule has 0 bridgehead atoms. The van der Waals surface area contributed by atoms with E-state index in [0.717, 1.165) is 19.4 Å². The molecule has 4 rings (SSSR count). The molecule has 178 valence electrons. The van der Waals surface area contributed by atoms with Gasteiger partial charge in [0.2, 0.25) is 17.7 Å². The molecule has 1 aromatic carbocycles. The van der Waals surface area contributed by atoms with Crippen LogP contribution in [0.1, 0.15) is 44.7 Å². The average Bonchev–Trinajstić information content (AvgIpc) is 3.04. The maximum absolute atomic E-state index is 13.3. The average molecular weight is 476 g/mol. The van der Waals surface area contributed by atoms with Crippen LogP contribution < -0.4 is 21.7 Å². The van der Waals surface area contributed by atoms with Crippen LogP contribution in [0.5, 0.6) is 0 Å². The number of amides is 3. The van der Waals surface area contributed by atoms with Crippen LogP contribution in [0.4, 0.5) is 5.69 Å². The maximum Gasteiger partial charge on any atom is 0.327 e. The molecule has 5 atom stereocenters. The van der Waals surface area contributed by atoms with Crippen LogP contribution in [0.3, 0.4) is 0 Å². The Labute approximate surface area is 196 Å². The van der Waals surface area contributed by atoms with Gasteiger partial charge in [-0.25, -0.2) is 4.79 Å². The third-order valence-electron chi connectivity index (χ3n) is 6.39. The molecule has 0 aliphatic carbocycles. The maximum atomic E-state index is 13.3. The van der Waals surface area contributed by atoms with Gasteiger partial charge in [-0.1, -0.05) is 18.6 Å². The van der Waals surface area contributed by atoms with Crippen LogP contribution in [-0.4, -0.2) is 68.5 Å². The normalized spacial score (nSPS) is 28.9. The largest absolute Gasteiger partial charge is 0.480 e. The van der Waals surface area contributed by atoms with Gasteiger partial charge in [0.25, 0.3) is 0 Å². The Hall–Kier alpha value is -2.79. The number of fused-ring (bicyclic) bond motifs is 1. The monoisotopic (exact) mass is 475 g/mol. The summed E-state index contributed by atoms with van der Waals surface area (Å²) in [7, 11) is 0. The zero-order chi connectivity index (χ0) is 23.9. The van der Waals surface area contributed by atoms with E-state index in [9.17, 15) is 24.3 Å². The van der Waals surface area contributed by atoms with Gasteiger partial charge in [-0.2, -0.15) is 0 Å². The van der Waals surface area contributed by atoms with E-state index in [1.54, 1.807) is 38.1 Å². The molecule has 0 radical (unpaired) electrons. The van der Waals surface area contributed by atoms with Gasteiger partial charge in [-0.05, 0) is 50.9 Å². The number of nitrogens with one attached hydrogen (secondary N) is 3. The molecular weight excluding hydrogens is 446 g/mol. The van der Waals surface area contributed by atoms with Crippen molar-refractivity contribution in [3.05, 3.63) is 29.8 Å². The van der Waals surface area contributed by atoms with E-state index in [4.69, 9.17) is 5.73 Å². The number of benzene rings is 1. The first-order valence-corrected chi connectivity index (χ1v) is 11.9. The van der Waals surface area contributed by atoms with E-state index in [2.05, 4.69) is 16.0 Å². The third-order valence-corrected chi connectivity index (χ3v) is 7.96. The first-order chi connectivity index (χ1) is 15.6. The molecule has 0 saturated carbocycles. The molecule has 3 fully saturated rings. The van der Waals surface area contributed by atoms with Crippen molar-refractivity contribution in [2.45, 2.75) is 67.4 Å². The van der Waals surface area contributed by atoms with Crippen molar-refractivity contribution in [3.8, 4) is 0 Å². The smallest absolute Gasteiger partial charge is 0.327 e. The highest BCUT2D eigenvalue weighted by Crippen LogP contribution is 2.50. The van der Waals surface area contributed by atoms with Crippen molar-refractivity contribution >= 4 is 41.1 Å². The Morgan fingerprint density at radius 1 is 1.30 bits per heavy atom. The van der Waals surface area contributed by atoms with E-state index in [-0.39, 0.29) is 5.91 Å². The van der Waals surface area contributed by atoms with Crippen LogP contribution >= 0.6 is 11.8 Å². The highest BCUT2D eigenvalue weighted by Gasteiger charge is 2.64. The summed E-state index contributed by atoms with van der Waals surface area (Å²) in [5.41, 5.74) is 6.84. The minimum Gasteiger partial charge on any atom is -0.480 e. The molecule has 11 heteroatoms. The Kier molecular flexibility index (Phi) is 6.28. The van der Waals surface area contributed by atoms with Gasteiger partial charge in [0.15, 0.2) is 0 Å². The molecule has 3 unspecified atom stereocenters. The SMILES string of the molecule is CC1(C)S[C@@H]2C(NC(=O)C(NC(=O)C3CCCCN3)c3cccc(N)c3)C(=O)N2[C@H]1C(=O)O. The topological polar surface area (TPSA) is 154 Å². The second-order valence-electron chi connectivity index (χ2n) is 9.20. The van der Waals surface area contributed by atoms with Gasteiger partial charge < -0.3 is 31.7 Å². The van der Waals surface area contributed by atoms with Crippen LogP contribution in [-0.2, 0) is 19.2 Å². The van der Waals surface area contributed by atoms with E-state index < -0.39 is 52.1 Å². The number of carbonyl (C=O) groups excluding carboxylic acids is 3. The molecule has 1 aromatic rings. The van der Waals surface area contributed by atoms with Gasteiger partial charge in [0, 0.05) is 10.4 Å². The van der Waals surface area contributed by atoms with Gasteiger partial charge >= 0.3 is 5.97 Å². The van der Waals surface area contributed by atoms with Crippen molar-refractivity contribution < 1.29 is 24.3 Å². The lowest BCUT2D eigenvalue weighted by Crippen LogP contribution is -2.71. The minimum atomic E-state index is -1.07. The number of thioether (sulfide) groups is 1. The predicted octanol–water partition coefficient (Wildman–Crippen LogP) is 0.200. The second kappa shape index (κ2) is 8.86. The number of rotatable bonds is 6. The number of aliphatic carboxylic acids is 1. The summed E-state index contributed by atoms with van der Waals surface area (Å²) in [4.78, 5) is 52.0. The van der Waals surface area contributed by atoms with E-state index in [1.807, 2.05) is 0 Å². The Morgan fingerprint density at radius 3 is 2.70 bits per heavy atom. The number of carboxylic acids is 1. The van der Waals surface area contributed by atoms with Crippen LogP contribution in [0, 0.1) is 0 Å². The first kappa shape index (κ1) is 23.4. The van der Waals surface area contributed by atoms with Gasteiger partial charge in [0.05, 0.1) is 6.04 Å². The van der Waals surface area contributed by atoms with E-state index in [0.29, 0.717) is 17.7 Å². The summed E-state index contributed by atoms with van der Waals surface area (Å²) in [5.74, 6) is -2.34. The molecule has 3 heterocycles. The number of β-lactam (4-membered cyclic amide) rings is 1. The lowest BCUT2D eigenvalue weighted by Gasteiger charge is -2.44. The Bertz CT molecular complexity index is 980. The van der Waals surface area contributed by atoms with Crippen molar-refractivity contribution in [3.63, 3.8) is 0 Å². The van der Waals surface area contributed by atoms with E-state index >= 15 is 0 Å².